The summed E-state index contributed by atoms with van der Waals surface area (Å²) in [4.78, 5) is 4.25. The minimum Gasteiger partial charge on any atom is -0.489 e. The second-order valence-electron chi connectivity index (χ2n) is 5.98. The quantitative estimate of drug-likeness (QED) is 0.254. The molecule has 0 amide bonds. The number of para-hydroxylation sites is 1. The zero-order valence-electron chi connectivity index (χ0n) is 15.7. The minimum absolute atomic E-state index is 0. The summed E-state index contributed by atoms with van der Waals surface area (Å²) in [7, 11) is 1.78. The molecule has 1 aromatic heterocycles. The molecule has 1 heterocycles. The molecule has 8 heteroatoms. The van der Waals surface area contributed by atoms with Gasteiger partial charge in [-0.1, -0.05) is 18.2 Å². The van der Waals surface area contributed by atoms with E-state index in [9.17, 15) is 0 Å². The Balaban J connectivity index is 0.00000338. The van der Waals surface area contributed by atoms with Crippen LogP contribution in [0.4, 0.5) is 0 Å². The monoisotopic (exact) mass is 472 g/mol. The normalized spacial score (nSPS) is 12.2. The van der Waals surface area contributed by atoms with Crippen LogP contribution in [-0.4, -0.2) is 47.0 Å². The summed E-state index contributed by atoms with van der Waals surface area (Å²) >= 11 is 0. The van der Waals surface area contributed by atoms with Crippen LogP contribution in [0.3, 0.4) is 0 Å². The van der Waals surface area contributed by atoms with Gasteiger partial charge in [0, 0.05) is 20.1 Å². The van der Waals surface area contributed by atoms with Crippen molar-refractivity contribution in [3.8, 4) is 5.75 Å². The van der Waals surface area contributed by atoms with Crippen molar-refractivity contribution < 1.29 is 4.74 Å². The van der Waals surface area contributed by atoms with E-state index in [-0.39, 0.29) is 30.1 Å². The first kappa shape index (κ1) is 22.2. The van der Waals surface area contributed by atoms with Crippen molar-refractivity contribution >= 4 is 29.9 Å². The first-order valence-electron chi connectivity index (χ1n) is 8.68. The minimum atomic E-state index is 0. The van der Waals surface area contributed by atoms with Crippen LogP contribution in [-0.2, 0) is 6.54 Å². The highest BCUT2D eigenvalue weighted by Gasteiger charge is 2.07. The number of halogens is 1. The molecule has 0 aliphatic carbocycles. The van der Waals surface area contributed by atoms with Crippen molar-refractivity contribution in [2.75, 3.05) is 20.1 Å². The van der Waals surface area contributed by atoms with E-state index in [2.05, 4.69) is 38.8 Å². The van der Waals surface area contributed by atoms with E-state index in [0.29, 0.717) is 6.54 Å². The Hall–Kier alpha value is -1.84. The van der Waals surface area contributed by atoms with Crippen LogP contribution in [0, 0.1) is 6.92 Å². The van der Waals surface area contributed by atoms with Gasteiger partial charge < -0.3 is 19.9 Å². The lowest BCUT2D eigenvalue weighted by Gasteiger charge is -2.18. The molecule has 26 heavy (non-hydrogen) atoms. The Bertz CT molecular complexity index is 647. The first-order valence-corrected chi connectivity index (χ1v) is 8.68. The molecule has 2 rings (SSSR count). The molecule has 0 aliphatic rings. The summed E-state index contributed by atoms with van der Waals surface area (Å²) in [6, 6.07) is 8.05. The van der Waals surface area contributed by atoms with Crippen LogP contribution in [0.2, 0.25) is 0 Å². The number of aryl methyl sites for hydroxylation is 2. The standard InChI is InChI=1S/C18H28N6O.HI/c1-15-8-4-5-9-17(15)25-16(2)12-21-18(19-3)20-10-6-7-11-24-13-22-23-14-24;/h4-5,8-9,13-14,16H,6-7,10-12H2,1-3H3,(H2,19,20,21);1H. The van der Waals surface area contributed by atoms with Crippen LogP contribution in [0.25, 0.3) is 0 Å². The Morgan fingerprint density at radius 3 is 2.62 bits per heavy atom. The molecule has 7 nitrogen and oxygen atoms in total. The maximum atomic E-state index is 5.96. The number of ether oxygens (including phenoxy) is 1. The molecule has 144 valence electrons. The van der Waals surface area contributed by atoms with Crippen LogP contribution in [0.15, 0.2) is 41.9 Å². The van der Waals surface area contributed by atoms with E-state index in [1.807, 2.05) is 29.7 Å². The summed E-state index contributed by atoms with van der Waals surface area (Å²) in [5.41, 5.74) is 1.14. The van der Waals surface area contributed by atoms with E-state index >= 15 is 0 Å². The van der Waals surface area contributed by atoms with Crippen molar-refractivity contribution in [1.29, 1.82) is 0 Å². The third-order valence-electron chi connectivity index (χ3n) is 3.80. The third-order valence-corrected chi connectivity index (χ3v) is 3.80. The van der Waals surface area contributed by atoms with E-state index in [1.165, 1.54) is 0 Å². The molecule has 0 spiro atoms. The molecular formula is C18H29IN6O. The Morgan fingerprint density at radius 2 is 1.92 bits per heavy atom. The van der Waals surface area contributed by atoms with Crippen molar-refractivity contribution in [3.63, 3.8) is 0 Å². The lowest BCUT2D eigenvalue weighted by Crippen LogP contribution is -2.42. The van der Waals surface area contributed by atoms with Gasteiger partial charge in [0.05, 0.1) is 6.54 Å². The van der Waals surface area contributed by atoms with Gasteiger partial charge in [-0.2, -0.15) is 0 Å². The predicted octanol–water partition coefficient (Wildman–Crippen LogP) is 2.62. The summed E-state index contributed by atoms with van der Waals surface area (Å²) in [6.45, 7) is 6.59. The molecule has 2 aromatic rings. The van der Waals surface area contributed by atoms with Gasteiger partial charge in [0.1, 0.15) is 24.5 Å². The maximum absolute atomic E-state index is 5.96. The Labute approximate surface area is 172 Å². The summed E-state index contributed by atoms with van der Waals surface area (Å²) in [5, 5.41) is 14.2. The molecule has 1 atom stereocenters. The smallest absolute Gasteiger partial charge is 0.191 e. The average Bonchev–Trinajstić information content (AvgIpc) is 3.13. The van der Waals surface area contributed by atoms with Gasteiger partial charge in [0.15, 0.2) is 5.96 Å². The summed E-state index contributed by atoms with van der Waals surface area (Å²) in [6.07, 6.45) is 5.64. The van der Waals surface area contributed by atoms with Crippen LogP contribution in [0.1, 0.15) is 25.3 Å². The number of unbranched alkanes of at least 4 members (excludes halogenated alkanes) is 1. The lowest BCUT2D eigenvalue weighted by atomic mass is 10.2. The number of aliphatic imine (C=N–C) groups is 1. The molecule has 1 unspecified atom stereocenters. The second-order valence-corrected chi connectivity index (χ2v) is 5.98. The molecule has 1 aromatic carbocycles. The topological polar surface area (TPSA) is 76.4 Å². The van der Waals surface area contributed by atoms with Gasteiger partial charge in [-0.15, -0.1) is 34.2 Å². The zero-order valence-corrected chi connectivity index (χ0v) is 18.0. The molecule has 0 saturated heterocycles. The largest absolute Gasteiger partial charge is 0.489 e. The van der Waals surface area contributed by atoms with Crippen LogP contribution < -0.4 is 15.4 Å². The molecule has 0 saturated carbocycles. The van der Waals surface area contributed by atoms with Crippen molar-refractivity contribution in [3.05, 3.63) is 42.5 Å². The SMILES string of the molecule is CN=C(NCCCCn1cnnc1)NCC(C)Oc1ccccc1C.I. The van der Waals surface area contributed by atoms with Gasteiger partial charge in [-0.3, -0.25) is 4.99 Å². The van der Waals surface area contributed by atoms with Gasteiger partial charge in [0.2, 0.25) is 0 Å². The molecule has 0 bridgehead atoms. The average molecular weight is 472 g/mol. The predicted molar refractivity (Wildman–Crippen MR) is 115 cm³/mol. The van der Waals surface area contributed by atoms with Crippen LogP contribution in [0.5, 0.6) is 5.75 Å². The lowest BCUT2D eigenvalue weighted by molar-refractivity contribution is 0.222. The van der Waals surface area contributed by atoms with Gasteiger partial charge in [-0.25, -0.2) is 0 Å². The van der Waals surface area contributed by atoms with Crippen molar-refractivity contribution in [2.45, 2.75) is 39.3 Å². The molecule has 2 N–H and O–H groups in total. The van der Waals surface area contributed by atoms with E-state index < -0.39 is 0 Å². The maximum Gasteiger partial charge on any atom is 0.191 e. The van der Waals surface area contributed by atoms with Crippen LogP contribution >= 0.6 is 24.0 Å². The Kier molecular flexibility index (Phi) is 10.7. The number of rotatable bonds is 9. The molecule has 0 radical (unpaired) electrons. The van der Waals surface area contributed by atoms with Crippen molar-refractivity contribution in [2.24, 2.45) is 4.99 Å². The molecule has 0 aliphatic heterocycles. The van der Waals surface area contributed by atoms with Gasteiger partial charge >= 0.3 is 0 Å². The molecular weight excluding hydrogens is 443 g/mol. The highest BCUT2D eigenvalue weighted by molar-refractivity contribution is 14.0. The molecule has 0 fully saturated rings. The summed E-state index contributed by atoms with van der Waals surface area (Å²) in [5.74, 6) is 1.72. The number of hydrogen-bond donors (Lipinski definition) is 2. The fourth-order valence-corrected chi connectivity index (χ4v) is 2.37. The van der Waals surface area contributed by atoms with E-state index in [1.54, 1.807) is 19.7 Å². The highest BCUT2D eigenvalue weighted by atomic mass is 127. The van der Waals surface area contributed by atoms with E-state index in [0.717, 1.165) is 43.2 Å². The second kappa shape index (κ2) is 12.5. The number of aromatic nitrogens is 3. The number of nitrogens with one attached hydrogen (secondary N) is 2. The highest BCUT2D eigenvalue weighted by Crippen LogP contribution is 2.17. The van der Waals surface area contributed by atoms with E-state index in [4.69, 9.17) is 4.74 Å². The number of guanidine groups is 1. The zero-order chi connectivity index (χ0) is 17.9. The fourth-order valence-electron chi connectivity index (χ4n) is 2.37. The van der Waals surface area contributed by atoms with Gasteiger partial charge in [-0.05, 0) is 38.3 Å². The van der Waals surface area contributed by atoms with Gasteiger partial charge in [0.25, 0.3) is 0 Å². The summed E-state index contributed by atoms with van der Waals surface area (Å²) < 4.78 is 7.95. The Morgan fingerprint density at radius 1 is 1.19 bits per heavy atom. The fraction of sp³-hybridized carbons (Fsp3) is 0.500. The number of nitrogens with zero attached hydrogens (tertiary/aromatic N) is 4. The number of benzene rings is 1. The number of hydrogen-bond acceptors (Lipinski definition) is 4. The first-order chi connectivity index (χ1) is 12.2. The third kappa shape index (κ3) is 8.03. The van der Waals surface area contributed by atoms with Crippen molar-refractivity contribution in [1.82, 2.24) is 25.4 Å².